The van der Waals surface area contributed by atoms with Gasteiger partial charge in [-0.05, 0) is 25.0 Å². The van der Waals surface area contributed by atoms with Crippen LogP contribution in [0, 0.1) is 11.8 Å². The van der Waals surface area contributed by atoms with E-state index in [0.717, 1.165) is 36.2 Å². The molecule has 1 aromatic carbocycles. The van der Waals surface area contributed by atoms with Gasteiger partial charge in [0.2, 0.25) is 11.8 Å². The molecule has 2 aromatic rings. The summed E-state index contributed by atoms with van der Waals surface area (Å²) < 4.78 is 6.35. The third-order valence-corrected chi connectivity index (χ3v) is 6.74. The average Bonchev–Trinajstić information content (AvgIpc) is 3.42. The Morgan fingerprint density at radius 3 is 3.07 bits per heavy atom. The number of nitrogens with one attached hydrogen (secondary N) is 2. The van der Waals surface area contributed by atoms with Crippen molar-refractivity contribution in [1.82, 2.24) is 20.2 Å². The number of carbonyl (C=O) groups is 2. The Morgan fingerprint density at radius 1 is 1.39 bits per heavy atom. The van der Waals surface area contributed by atoms with Gasteiger partial charge in [0.05, 0.1) is 29.3 Å². The van der Waals surface area contributed by atoms with Crippen LogP contribution in [0.2, 0.25) is 0 Å². The molecule has 2 N–H and O–H groups in total. The number of aryl methyl sites for hydroxylation is 1. The number of nitrogens with zero attached hydrogens (tertiary/aromatic N) is 2. The van der Waals surface area contributed by atoms with Crippen LogP contribution in [0.3, 0.4) is 0 Å². The maximum Gasteiger partial charge on any atom is 0.223 e. The van der Waals surface area contributed by atoms with Gasteiger partial charge in [-0.1, -0.05) is 12.1 Å². The Hall–Kier alpha value is -2.41. The summed E-state index contributed by atoms with van der Waals surface area (Å²) in [6.45, 7) is 3.61. The van der Waals surface area contributed by atoms with E-state index in [1.807, 2.05) is 29.2 Å². The minimum Gasteiger partial charge on any atom is -0.369 e. The van der Waals surface area contributed by atoms with Crippen LogP contribution in [0.15, 0.2) is 24.3 Å². The largest absolute Gasteiger partial charge is 0.369 e. The maximum atomic E-state index is 12.9. The number of hydrogen-bond acceptors (Lipinski definition) is 4. The van der Waals surface area contributed by atoms with Gasteiger partial charge >= 0.3 is 0 Å². The third-order valence-electron chi connectivity index (χ3n) is 6.74. The number of hydrogen-bond donors (Lipinski definition) is 2. The summed E-state index contributed by atoms with van der Waals surface area (Å²) in [5, 5.41) is 2.95. The summed E-state index contributed by atoms with van der Waals surface area (Å²) in [5.74, 6) is 1.65. The molecule has 28 heavy (non-hydrogen) atoms. The SMILES string of the molecule is CC(=O)NC[C@H]1[C@H]2CN(C(=O)CCc3nc4ccccc4[nH]3)C[C@]23CC[C@H]1O3. The highest BCUT2D eigenvalue weighted by molar-refractivity contribution is 5.78. The van der Waals surface area contributed by atoms with Crippen LogP contribution in [-0.4, -0.2) is 58.0 Å². The van der Waals surface area contributed by atoms with E-state index in [4.69, 9.17) is 4.74 Å². The van der Waals surface area contributed by atoms with Gasteiger partial charge in [-0.3, -0.25) is 9.59 Å². The van der Waals surface area contributed by atoms with Crippen molar-refractivity contribution in [1.29, 1.82) is 0 Å². The number of carbonyl (C=O) groups excluding carboxylic acids is 2. The van der Waals surface area contributed by atoms with E-state index >= 15 is 0 Å². The second-order valence-electron chi connectivity index (χ2n) is 8.44. The number of imidazole rings is 1. The predicted molar refractivity (Wildman–Crippen MR) is 103 cm³/mol. The lowest BCUT2D eigenvalue weighted by molar-refractivity contribution is -0.131. The molecule has 148 valence electrons. The zero-order chi connectivity index (χ0) is 19.3. The monoisotopic (exact) mass is 382 g/mol. The number of amides is 2. The molecule has 1 aromatic heterocycles. The van der Waals surface area contributed by atoms with Gasteiger partial charge in [0, 0.05) is 44.7 Å². The maximum absolute atomic E-state index is 12.9. The quantitative estimate of drug-likeness (QED) is 0.823. The average molecular weight is 382 g/mol. The van der Waals surface area contributed by atoms with Crippen molar-refractivity contribution in [3.63, 3.8) is 0 Å². The number of H-pyrrole nitrogens is 1. The summed E-state index contributed by atoms with van der Waals surface area (Å²) >= 11 is 0. The number of para-hydroxylation sites is 2. The molecule has 3 aliphatic rings. The second kappa shape index (κ2) is 6.58. The zero-order valence-electron chi connectivity index (χ0n) is 16.1. The fourth-order valence-electron chi connectivity index (χ4n) is 5.42. The molecular weight excluding hydrogens is 356 g/mol. The first kappa shape index (κ1) is 17.7. The van der Waals surface area contributed by atoms with Crippen LogP contribution in [0.5, 0.6) is 0 Å². The summed E-state index contributed by atoms with van der Waals surface area (Å²) in [5.41, 5.74) is 1.75. The van der Waals surface area contributed by atoms with Crippen molar-refractivity contribution in [3.05, 3.63) is 30.1 Å². The van der Waals surface area contributed by atoms with E-state index in [2.05, 4.69) is 15.3 Å². The summed E-state index contributed by atoms with van der Waals surface area (Å²) in [4.78, 5) is 34.0. The third kappa shape index (κ3) is 2.89. The van der Waals surface area contributed by atoms with Gasteiger partial charge in [-0.2, -0.15) is 0 Å². The molecule has 1 spiro atoms. The van der Waals surface area contributed by atoms with E-state index in [1.54, 1.807) is 6.92 Å². The topological polar surface area (TPSA) is 87.3 Å². The lowest BCUT2D eigenvalue weighted by atomic mass is 9.73. The molecular formula is C21H26N4O3. The van der Waals surface area contributed by atoms with Crippen molar-refractivity contribution >= 4 is 22.8 Å². The van der Waals surface area contributed by atoms with Crippen molar-refractivity contribution < 1.29 is 14.3 Å². The summed E-state index contributed by atoms with van der Waals surface area (Å²) in [6.07, 6.45) is 3.33. The van der Waals surface area contributed by atoms with E-state index in [1.165, 1.54) is 0 Å². The minimum atomic E-state index is -0.192. The number of ether oxygens (including phenoxy) is 1. The van der Waals surface area contributed by atoms with Gasteiger partial charge in [0.15, 0.2) is 0 Å². The standard InChI is InChI=1S/C21H26N4O3/c1-13(26)22-10-14-15-11-25(12-21(15)9-8-18(14)28-21)20(27)7-6-19-23-16-4-2-3-5-17(16)24-19/h2-5,14-15,18H,6-12H2,1H3,(H,22,26)(H,23,24)/t14-,15+,18+,21+/m0/s1. The molecule has 7 heteroatoms. The number of aromatic nitrogens is 2. The van der Waals surface area contributed by atoms with Crippen LogP contribution in [0.1, 0.15) is 32.0 Å². The molecule has 2 amide bonds. The first-order valence-electron chi connectivity index (χ1n) is 10.2. The molecule has 0 unspecified atom stereocenters. The minimum absolute atomic E-state index is 0.00594. The highest BCUT2D eigenvalue weighted by Gasteiger charge is 2.63. The van der Waals surface area contributed by atoms with Crippen LogP contribution in [0.25, 0.3) is 11.0 Å². The van der Waals surface area contributed by atoms with Gasteiger partial charge < -0.3 is 19.9 Å². The van der Waals surface area contributed by atoms with Gasteiger partial charge in [-0.25, -0.2) is 4.98 Å². The second-order valence-corrected chi connectivity index (χ2v) is 8.44. The van der Waals surface area contributed by atoms with E-state index < -0.39 is 0 Å². The molecule has 4 heterocycles. The molecule has 5 rings (SSSR count). The Bertz CT molecular complexity index is 892. The Morgan fingerprint density at radius 2 is 2.25 bits per heavy atom. The number of likely N-dealkylation sites (tertiary alicyclic amines) is 1. The fraction of sp³-hybridized carbons (Fsp3) is 0.571. The number of benzene rings is 1. The molecule has 4 atom stereocenters. The Balaban J connectivity index is 1.22. The molecule has 0 aliphatic carbocycles. The number of fused-ring (bicyclic) bond motifs is 2. The fourth-order valence-corrected chi connectivity index (χ4v) is 5.42. The van der Waals surface area contributed by atoms with Crippen molar-refractivity contribution in [2.45, 2.75) is 44.3 Å². The van der Waals surface area contributed by atoms with Crippen LogP contribution in [-0.2, 0) is 20.7 Å². The van der Waals surface area contributed by atoms with Gasteiger partial charge in [-0.15, -0.1) is 0 Å². The van der Waals surface area contributed by atoms with Gasteiger partial charge in [0.25, 0.3) is 0 Å². The van der Waals surface area contributed by atoms with Crippen LogP contribution >= 0.6 is 0 Å². The smallest absolute Gasteiger partial charge is 0.223 e. The molecule has 3 fully saturated rings. The van der Waals surface area contributed by atoms with Gasteiger partial charge in [0.1, 0.15) is 5.82 Å². The van der Waals surface area contributed by atoms with Crippen molar-refractivity contribution in [2.75, 3.05) is 19.6 Å². The van der Waals surface area contributed by atoms with E-state index in [-0.39, 0.29) is 23.5 Å². The Kier molecular flexibility index (Phi) is 4.16. The number of rotatable bonds is 5. The predicted octanol–water partition coefficient (Wildman–Crippen LogP) is 1.64. The molecule has 2 bridgehead atoms. The van der Waals surface area contributed by atoms with Crippen molar-refractivity contribution in [3.8, 4) is 0 Å². The van der Waals surface area contributed by atoms with Crippen LogP contribution < -0.4 is 5.32 Å². The van der Waals surface area contributed by atoms with E-state index in [9.17, 15) is 9.59 Å². The first-order valence-corrected chi connectivity index (χ1v) is 10.2. The normalized spacial score (nSPS) is 30.8. The molecule has 3 aliphatic heterocycles. The lowest BCUT2D eigenvalue weighted by Crippen LogP contribution is -2.41. The summed E-state index contributed by atoms with van der Waals surface area (Å²) in [7, 11) is 0. The molecule has 0 saturated carbocycles. The highest BCUT2D eigenvalue weighted by atomic mass is 16.5. The molecule has 3 saturated heterocycles. The van der Waals surface area contributed by atoms with E-state index in [0.29, 0.717) is 37.8 Å². The first-order chi connectivity index (χ1) is 13.5. The van der Waals surface area contributed by atoms with Crippen molar-refractivity contribution in [2.24, 2.45) is 11.8 Å². The Labute approximate surface area is 163 Å². The zero-order valence-corrected chi connectivity index (χ0v) is 16.1. The molecule has 0 radical (unpaired) electrons. The van der Waals surface area contributed by atoms with Crippen LogP contribution in [0.4, 0.5) is 0 Å². The number of aromatic amines is 1. The highest BCUT2D eigenvalue weighted by Crippen LogP contribution is 2.54. The lowest BCUT2D eigenvalue weighted by Gasteiger charge is -2.29. The molecule has 7 nitrogen and oxygen atoms in total. The summed E-state index contributed by atoms with van der Waals surface area (Å²) in [6, 6.07) is 7.91.